The molecule has 0 aromatic heterocycles. The summed E-state index contributed by atoms with van der Waals surface area (Å²) in [6, 6.07) is 10.5. The van der Waals surface area contributed by atoms with Crippen molar-refractivity contribution in [2.75, 3.05) is 18.5 Å². The van der Waals surface area contributed by atoms with Crippen molar-refractivity contribution in [2.24, 2.45) is 0 Å². The zero-order valence-corrected chi connectivity index (χ0v) is 18.0. The van der Waals surface area contributed by atoms with Crippen LogP contribution in [0.2, 0.25) is 0 Å². The van der Waals surface area contributed by atoms with E-state index in [1.807, 2.05) is 13.0 Å². The van der Waals surface area contributed by atoms with Gasteiger partial charge in [0.15, 0.2) is 11.5 Å². The van der Waals surface area contributed by atoms with Gasteiger partial charge in [0.25, 0.3) is 0 Å². The van der Waals surface area contributed by atoms with Gasteiger partial charge < -0.3 is 14.8 Å². The van der Waals surface area contributed by atoms with Crippen molar-refractivity contribution in [2.45, 2.75) is 33.7 Å². The standard InChI is InChI=1S/C19H23BrINO2/c1-4-8-24-19-16(21)10-14(11-18(19)23-5-2)12-22-17-7-6-15(20)9-13(17)3/h6-7,9-11,22H,4-5,8,12H2,1-3H3. The Morgan fingerprint density at radius 3 is 2.58 bits per heavy atom. The van der Waals surface area contributed by atoms with E-state index in [1.54, 1.807) is 0 Å². The first kappa shape index (κ1) is 19.4. The highest BCUT2D eigenvalue weighted by molar-refractivity contribution is 14.1. The zero-order chi connectivity index (χ0) is 17.5. The second kappa shape index (κ2) is 9.51. The number of aryl methyl sites for hydroxylation is 1. The molecule has 5 heteroatoms. The van der Waals surface area contributed by atoms with Crippen molar-refractivity contribution in [3.8, 4) is 11.5 Å². The van der Waals surface area contributed by atoms with Crippen LogP contribution in [0.25, 0.3) is 0 Å². The molecule has 3 nitrogen and oxygen atoms in total. The van der Waals surface area contributed by atoms with Crippen molar-refractivity contribution in [3.63, 3.8) is 0 Å². The maximum atomic E-state index is 5.86. The molecule has 0 saturated carbocycles. The van der Waals surface area contributed by atoms with Gasteiger partial charge in [-0.1, -0.05) is 22.9 Å². The molecule has 0 unspecified atom stereocenters. The van der Waals surface area contributed by atoms with E-state index in [2.05, 4.69) is 82.0 Å². The highest BCUT2D eigenvalue weighted by atomic mass is 127. The van der Waals surface area contributed by atoms with Crippen molar-refractivity contribution in [1.29, 1.82) is 0 Å². The highest BCUT2D eigenvalue weighted by Gasteiger charge is 2.12. The quantitative estimate of drug-likeness (QED) is 0.437. The van der Waals surface area contributed by atoms with Crippen LogP contribution in [0, 0.1) is 10.5 Å². The number of ether oxygens (including phenoxy) is 2. The summed E-state index contributed by atoms with van der Waals surface area (Å²) in [6.45, 7) is 8.27. The fourth-order valence-electron chi connectivity index (χ4n) is 2.35. The normalized spacial score (nSPS) is 10.5. The maximum absolute atomic E-state index is 5.86. The minimum atomic E-state index is 0.626. The van der Waals surface area contributed by atoms with E-state index in [-0.39, 0.29) is 0 Å². The molecule has 0 heterocycles. The zero-order valence-electron chi connectivity index (χ0n) is 14.3. The number of hydrogen-bond acceptors (Lipinski definition) is 3. The third-order valence-corrected chi connectivity index (χ3v) is 4.79. The van der Waals surface area contributed by atoms with Gasteiger partial charge >= 0.3 is 0 Å². The average Bonchev–Trinajstić information content (AvgIpc) is 2.53. The fourth-order valence-corrected chi connectivity index (χ4v) is 3.65. The number of rotatable bonds is 8. The van der Waals surface area contributed by atoms with Crippen LogP contribution in [0.5, 0.6) is 11.5 Å². The molecule has 2 aromatic rings. The van der Waals surface area contributed by atoms with E-state index in [0.29, 0.717) is 13.2 Å². The third kappa shape index (κ3) is 5.28. The molecular weight excluding hydrogens is 481 g/mol. The lowest BCUT2D eigenvalue weighted by Crippen LogP contribution is -2.05. The highest BCUT2D eigenvalue weighted by Crippen LogP contribution is 2.34. The van der Waals surface area contributed by atoms with Crippen LogP contribution in [-0.2, 0) is 6.54 Å². The molecule has 0 fully saturated rings. The number of halogens is 2. The molecular formula is C19H23BrINO2. The third-order valence-electron chi connectivity index (χ3n) is 3.49. The molecule has 24 heavy (non-hydrogen) atoms. The van der Waals surface area contributed by atoms with Crippen LogP contribution in [-0.4, -0.2) is 13.2 Å². The van der Waals surface area contributed by atoms with Gasteiger partial charge in [-0.05, 0) is 84.3 Å². The molecule has 2 aromatic carbocycles. The summed E-state index contributed by atoms with van der Waals surface area (Å²) >= 11 is 5.82. The van der Waals surface area contributed by atoms with Gasteiger partial charge in [0.2, 0.25) is 0 Å². The van der Waals surface area contributed by atoms with Crippen molar-refractivity contribution in [3.05, 3.63) is 49.5 Å². The molecule has 0 aliphatic heterocycles. The molecule has 0 bridgehead atoms. The molecule has 0 atom stereocenters. The smallest absolute Gasteiger partial charge is 0.174 e. The largest absolute Gasteiger partial charge is 0.490 e. The van der Waals surface area contributed by atoms with Crippen molar-refractivity contribution >= 4 is 44.2 Å². The number of nitrogens with one attached hydrogen (secondary N) is 1. The minimum Gasteiger partial charge on any atom is -0.490 e. The fraction of sp³-hybridized carbons (Fsp3) is 0.368. The Hall–Kier alpha value is -0.950. The number of benzene rings is 2. The maximum Gasteiger partial charge on any atom is 0.174 e. The lowest BCUT2D eigenvalue weighted by Gasteiger charge is -2.16. The second-order valence-corrected chi connectivity index (χ2v) is 7.58. The van der Waals surface area contributed by atoms with Crippen LogP contribution in [0.4, 0.5) is 5.69 Å². The predicted molar refractivity (Wildman–Crippen MR) is 112 cm³/mol. The molecule has 0 aliphatic rings. The summed E-state index contributed by atoms with van der Waals surface area (Å²) in [5.41, 5.74) is 3.53. The average molecular weight is 504 g/mol. The SMILES string of the molecule is CCCOc1c(I)cc(CNc2ccc(Br)cc2C)cc1OCC. The van der Waals surface area contributed by atoms with E-state index in [9.17, 15) is 0 Å². The van der Waals surface area contributed by atoms with E-state index in [4.69, 9.17) is 9.47 Å². The Kier molecular flexibility index (Phi) is 7.68. The summed E-state index contributed by atoms with van der Waals surface area (Å²) in [6.07, 6.45) is 0.980. The molecule has 0 saturated heterocycles. The van der Waals surface area contributed by atoms with Crippen molar-refractivity contribution < 1.29 is 9.47 Å². The molecule has 0 spiro atoms. The predicted octanol–water partition coefficient (Wildman–Crippen LogP) is 6.16. The number of anilines is 1. The van der Waals surface area contributed by atoms with Crippen LogP contribution in [0.3, 0.4) is 0 Å². The Morgan fingerprint density at radius 1 is 1.12 bits per heavy atom. The van der Waals surface area contributed by atoms with Gasteiger partial charge in [-0.2, -0.15) is 0 Å². The molecule has 0 amide bonds. The summed E-state index contributed by atoms with van der Waals surface area (Å²) < 4.78 is 13.8. The molecule has 0 radical (unpaired) electrons. The van der Waals surface area contributed by atoms with Crippen LogP contribution in [0.1, 0.15) is 31.4 Å². The Labute approximate surface area is 166 Å². The lowest BCUT2D eigenvalue weighted by molar-refractivity contribution is 0.275. The topological polar surface area (TPSA) is 30.5 Å². The molecule has 0 aliphatic carbocycles. The van der Waals surface area contributed by atoms with Gasteiger partial charge in [-0.15, -0.1) is 0 Å². The van der Waals surface area contributed by atoms with Crippen LogP contribution < -0.4 is 14.8 Å². The second-order valence-electron chi connectivity index (χ2n) is 5.50. The lowest BCUT2D eigenvalue weighted by atomic mass is 10.1. The van der Waals surface area contributed by atoms with E-state index < -0.39 is 0 Å². The summed E-state index contributed by atoms with van der Waals surface area (Å²) in [5, 5.41) is 3.50. The van der Waals surface area contributed by atoms with E-state index in [0.717, 1.165) is 38.2 Å². The van der Waals surface area contributed by atoms with Gasteiger partial charge in [0, 0.05) is 16.7 Å². The minimum absolute atomic E-state index is 0.626. The summed E-state index contributed by atoms with van der Waals surface area (Å²) in [7, 11) is 0. The van der Waals surface area contributed by atoms with Gasteiger partial charge in [-0.3, -0.25) is 0 Å². The molecule has 2 rings (SSSR count). The van der Waals surface area contributed by atoms with Gasteiger partial charge in [-0.25, -0.2) is 0 Å². The van der Waals surface area contributed by atoms with Gasteiger partial charge in [0.1, 0.15) is 0 Å². The Bertz CT molecular complexity index is 691. The first-order chi connectivity index (χ1) is 11.5. The Morgan fingerprint density at radius 2 is 1.92 bits per heavy atom. The monoisotopic (exact) mass is 503 g/mol. The number of hydrogen-bond donors (Lipinski definition) is 1. The molecule has 1 N–H and O–H groups in total. The Balaban J connectivity index is 2.17. The van der Waals surface area contributed by atoms with Gasteiger partial charge in [0.05, 0.1) is 16.8 Å². The first-order valence-electron chi connectivity index (χ1n) is 8.13. The van der Waals surface area contributed by atoms with Crippen LogP contribution in [0.15, 0.2) is 34.8 Å². The molecule has 130 valence electrons. The van der Waals surface area contributed by atoms with Crippen LogP contribution >= 0.6 is 38.5 Å². The summed E-state index contributed by atoms with van der Waals surface area (Å²) in [4.78, 5) is 0. The first-order valence-corrected chi connectivity index (χ1v) is 10.00. The van der Waals surface area contributed by atoms with E-state index in [1.165, 1.54) is 11.1 Å². The summed E-state index contributed by atoms with van der Waals surface area (Å²) in [5.74, 6) is 1.67. The van der Waals surface area contributed by atoms with E-state index >= 15 is 0 Å². The van der Waals surface area contributed by atoms with Crippen molar-refractivity contribution in [1.82, 2.24) is 0 Å².